The number of allylic oxidation sites excluding steroid dienone is 4. The molecular formula is C41H79NO4. The molecule has 1 amide bonds. The lowest BCUT2D eigenvalue weighted by molar-refractivity contribution is -0.124. The third-order valence-electron chi connectivity index (χ3n) is 9.29. The highest BCUT2D eigenvalue weighted by Gasteiger charge is 2.26. The minimum absolute atomic E-state index is 0.157. The van der Waals surface area contributed by atoms with Gasteiger partial charge in [0.25, 0.3) is 0 Å². The van der Waals surface area contributed by atoms with Gasteiger partial charge in [0.05, 0.1) is 18.8 Å². The molecule has 0 aromatic carbocycles. The monoisotopic (exact) mass is 650 g/mol. The Hall–Kier alpha value is -1.17. The maximum atomic E-state index is 12.4. The van der Waals surface area contributed by atoms with Crippen molar-refractivity contribution in [3.8, 4) is 0 Å². The number of rotatable bonds is 36. The van der Waals surface area contributed by atoms with Crippen LogP contribution in [0.5, 0.6) is 0 Å². The number of carbonyl (C=O) groups is 1. The molecule has 5 nitrogen and oxygen atoms in total. The summed E-state index contributed by atoms with van der Waals surface area (Å²) >= 11 is 0. The van der Waals surface area contributed by atoms with Crippen molar-refractivity contribution >= 4 is 5.91 Å². The van der Waals surface area contributed by atoms with E-state index in [-0.39, 0.29) is 12.5 Å². The minimum atomic E-state index is -1.16. The third kappa shape index (κ3) is 31.4. The van der Waals surface area contributed by atoms with E-state index in [4.69, 9.17) is 0 Å². The fraction of sp³-hybridized carbons (Fsp3) is 0.878. The smallest absolute Gasteiger partial charge is 0.220 e. The molecule has 0 fully saturated rings. The highest BCUT2D eigenvalue weighted by molar-refractivity contribution is 5.76. The molecule has 46 heavy (non-hydrogen) atoms. The van der Waals surface area contributed by atoms with Crippen molar-refractivity contribution in [3.05, 3.63) is 24.3 Å². The molecule has 0 heterocycles. The van der Waals surface area contributed by atoms with E-state index in [0.717, 1.165) is 44.9 Å². The average Bonchev–Trinajstić information content (AvgIpc) is 3.06. The first-order chi connectivity index (χ1) is 22.6. The molecule has 0 rings (SSSR count). The number of amides is 1. The van der Waals surface area contributed by atoms with Crippen molar-refractivity contribution in [1.82, 2.24) is 5.32 Å². The Kier molecular flexibility index (Phi) is 35.7. The molecule has 0 aliphatic rings. The summed E-state index contributed by atoms with van der Waals surface area (Å²) in [6, 6.07) is -0.827. The minimum Gasteiger partial charge on any atom is -0.394 e. The normalized spacial score (nSPS) is 13.9. The van der Waals surface area contributed by atoms with E-state index in [9.17, 15) is 20.1 Å². The van der Waals surface area contributed by atoms with Crippen molar-refractivity contribution in [2.75, 3.05) is 6.61 Å². The topological polar surface area (TPSA) is 89.8 Å². The second-order valence-corrected chi connectivity index (χ2v) is 13.8. The molecule has 3 unspecified atom stereocenters. The lowest BCUT2D eigenvalue weighted by Gasteiger charge is -2.26. The molecule has 4 N–H and O–H groups in total. The molecule has 0 aliphatic carbocycles. The van der Waals surface area contributed by atoms with Gasteiger partial charge in [-0.1, -0.05) is 173 Å². The molecular weight excluding hydrogens is 570 g/mol. The number of aliphatic hydroxyl groups is 3. The lowest BCUT2D eigenvalue weighted by atomic mass is 10.0. The zero-order valence-corrected chi connectivity index (χ0v) is 30.7. The highest BCUT2D eigenvalue weighted by atomic mass is 16.3. The zero-order valence-electron chi connectivity index (χ0n) is 30.7. The van der Waals surface area contributed by atoms with Crippen LogP contribution in [0.4, 0.5) is 0 Å². The quantitative estimate of drug-likeness (QED) is 0.0401. The Labute approximate surface area is 286 Å². The summed E-state index contributed by atoms with van der Waals surface area (Å²) in [5.74, 6) is -0.157. The van der Waals surface area contributed by atoms with E-state index >= 15 is 0 Å². The van der Waals surface area contributed by atoms with E-state index in [2.05, 4.69) is 43.5 Å². The Balaban J connectivity index is 3.71. The summed E-state index contributed by atoms with van der Waals surface area (Å²) in [7, 11) is 0. The number of hydrogen-bond acceptors (Lipinski definition) is 4. The average molecular weight is 650 g/mol. The second-order valence-electron chi connectivity index (χ2n) is 13.8. The van der Waals surface area contributed by atoms with Gasteiger partial charge in [-0.2, -0.15) is 0 Å². The molecule has 0 saturated carbocycles. The largest absolute Gasteiger partial charge is 0.394 e. The summed E-state index contributed by atoms with van der Waals surface area (Å²) in [6.45, 7) is 4.15. The Morgan fingerprint density at radius 3 is 1.33 bits per heavy atom. The second kappa shape index (κ2) is 36.7. The van der Waals surface area contributed by atoms with E-state index in [1.165, 1.54) is 135 Å². The van der Waals surface area contributed by atoms with Crippen LogP contribution in [0, 0.1) is 0 Å². The number of unbranched alkanes of at least 4 members (excludes halogenated alkanes) is 24. The number of hydrogen-bond donors (Lipinski definition) is 4. The fourth-order valence-electron chi connectivity index (χ4n) is 6.12. The highest BCUT2D eigenvalue weighted by Crippen LogP contribution is 2.15. The third-order valence-corrected chi connectivity index (χ3v) is 9.29. The van der Waals surface area contributed by atoms with Crippen molar-refractivity contribution < 1.29 is 20.1 Å². The first-order valence-electron chi connectivity index (χ1n) is 20.1. The Bertz CT molecular complexity index is 679. The van der Waals surface area contributed by atoms with Gasteiger partial charge in [0.1, 0.15) is 6.10 Å². The Morgan fingerprint density at radius 1 is 0.522 bits per heavy atom. The summed E-state index contributed by atoms with van der Waals surface area (Å²) in [5.41, 5.74) is 0. The molecule has 272 valence electrons. The van der Waals surface area contributed by atoms with Crippen LogP contribution in [0.3, 0.4) is 0 Å². The number of nitrogens with one attached hydrogen (secondary N) is 1. The summed E-state index contributed by atoms with van der Waals surface area (Å²) < 4.78 is 0. The summed E-state index contributed by atoms with van der Waals surface area (Å²) in [6.07, 6.45) is 42.7. The molecule has 0 bridgehead atoms. The van der Waals surface area contributed by atoms with Gasteiger partial charge in [-0.3, -0.25) is 4.79 Å². The van der Waals surface area contributed by atoms with Gasteiger partial charge in [0.2, 0.25) is 5.91 Å². The first-order valence-corrected chi connectivity index (χ1v) is 20.1. The van der Waals surface area contributed by atoms with Crippen molar-refractivity contribution in [1.29, 1.82) is 0 Å². The standard InChI is InChI=1S/C41H79NO4/c1-3-5-7-9-11-13-15-17-19-20-22-24-26-28-30-32-34-36-40(45)42-38(37-43)41(46)39(44)35-33-31-29-27-25-23-21-18-16-14-12-10-8-6-4-2/h18,21,27,29,38-39,41,43-44,46H,3-17,19-20,22-26,28,30-37H2,1-2H3,(H,42,45)/b21-18+,29-27+. The van der Waals surface area contributed by atoms with Gasteiger partial charge in [0, 0.05) is 6.42 Å². The molecule has 0 aliphatic heterocycles. The van der Waals surface area contributed by atoms with Crippen LogP contribution in [-0.2, 0) is 4.79 Å². The van der Waals surface area contributed by atoms with E-state index in [1.807, 2.05) is 0 Å². The predicted octanol–water partition coefficient (Wildman–Crippen LogP) is 11.0. The molecule has 0 spiro atoms. The fourth-order valence-corrected chi connectivity index (χ4v) is 6.12. The molecule has 0 radical (unpaired) electrons. The molecule has 5 heteroatoms. The lowest BCUT2D eigenvalue weighted by Crippen LogP contribution is -2.50. The van der Waals surface area contributed by atoms with Crippen LogP contribution in [0.25, 0.3) is 0 Å². The van der Waals surface area contributed by atoms with Crippen LogP contribution >= 0.6 is 0 Å². The van der Waals surface area contributed by atoms with Gasteiger partial charge in [-0.15, -0.1) is 0 Å². The molecule has 0 aromatic heterocycles. The van der Waals surface area contributed by atoms with Crippen molar-refractivity contribution in [3.63, 3.8) is 0 Å². The molecule has 0 saturated heterocycles. The van der Waals surface area contributed by atoms with Crippen molar-refractivity contribution in [2.24, 2.45) is 0 Å². The van der Waals surface area contributed by atoms with Crippen LogP contribution in [-0.4, -0.2) is 46.1 Å². The first kappa shape index (κ1) is 44.8. The predicted molar refractivity (Wildman–Crippen MR) is 199 cm³/mol. The number of carbonyl (C=O) groups excluding carboxylic acids is 1. The van der Waals surface area contributed by atoms with Crippen molar-refractivity contribution in [2.45, 2.75) is 225 Å². The van der Waals surface area contributed by atoms with Gasteiger partial charge < -0.3 is 20.6 Å². The summed E-state index contributed by atoms with van der Waals surface area (Å²) in [5, 5.41) is 33.4. The zero-order chi connectivity index (χ0) is 33.8. The van der Waals surface area contributed by atoms with Gasteiger partial charge in [-0.25, -0.2) is 0 Å². The maximum Gasteiger partial charge on any atom is 0.220 e. The van der Waals surface area contributed by atoms with Gasteiger partial charge >= 0.3 is 0 Å². The maximum absolute atomic E-state index is 12.4. The van der Waals surface area contributed by atoms with Crippen LogP contribution in [0.15, 0.2) is 24.3 Å². The van der Waals surface area contributed by atoms with Gasteiger partial charge in [-0.05, 0) is 51.4 Å². The van der Waals surface area contributed by atoms with Crippen LogP contribution < -0.4 is 5.32 Å². The van der Waals surface area contributed by atoms with E-state index < -0.39 is 18.2 Å². The van der Waals surface area contributed by atoms with Crippen LogP contribution in [0.2, 0.25) is 0 Å². The van der Waals surface area contributed by atoms with E-state index in [1.54, 1.807) is 0 Å². The molecule has 0 aromatic rings. The Morgan fingerprint density at radius 2 is 0.891 bits per heavy atom. The number of aliphatic hydroxyl groups excluding tert-OH is 3. The van der Waals surface area contributed by atoms with Gasteiger partial charge in [0.15, 0.2) is 0 Å². The SMILES string of the molecule is CCCCCCCC/C=C/CC/C=C/CCCC(O)C(O)C(CO)NC(=O)CCCCCCCCCCCCCCCCCCC. The van der Waals surface area contributed by atoms with Crippen LogP contribution in [0.1, 0.15) is 206 Å². The summed E-state index contributed by atoms with van der Waals surface area (Å²) in [4.78, 5) is 12.4. The molecule has 3 atom stereocenters. The van der Waals surface area contributed by atoms with E-state index in [0.29, 0.717) is 12.8 Å².